The molecule has 0 saturated carbocycles. The Hall–Kier alpha value is -0.650. The Morgan fingerprint density at radius 3 is 2.82 bits per heavy atom. The zero-order chi connectivity index (χ0) is 8.27. The van der Waals surface area contributed by atoms with Gasteiger partial charge in [-0.05, 0) is 22.6 Å². The number of aromatic nitrogens is 1. The van der Waals surface area contributed by atoms with Gasteiger partial charge in [0.2, 0.25) is 0 Å². The van der Waals surface area contributed by atoms with Crippen LogP contribution in [0.3, 0.4) is 0 Å². The largest absolute Gasteiger partial charge is 0.495 e. The molecule has 0 aliphatic heterocycles. The fraction of sp³-hybridized carbons (Fsp3) is 0.143. The van der Waals surface area contributed by atoms with E-state index in [0.29, 0.717) is 11.3 Å². The van der Waals surface area contributed by atoms with Gasteiger partial charge in [-0.15, -0.1) is 0 Å². The van der Waals surface area contributed by atoms with Crippen LogP contribution in [0.25, 0.3) is 0 Å². The first-order valence-corrected chi connectivity index (χ1v) is 4.00. The van der Waals surface area contributed by atoms with Crippen LogP contribution in [-0.2, 0) is 0 Å². The lowest BCUT2D eigenvalue weighted by Crippen LogP contribution is -1.94. The fourth-order valence-corrected chi connectivity index (χ4v) is 1.43. The lowest BCUT2D eigenvalue weighted by molar-refractivity contribution is 0.112. The summed E-state index contributed by atoms with van der Waals surface area (Å²) in [6, 6.07) is 0. The first-order chi connectivity index (χ1) is 5.29. The Morgan fingerprint density at radius 1 is 1.64 bits per heavy atom. The minimum absolute atomic E-state index is 0.486. The van der Waals surface area contributed by atoms with Gasteiger partial charge in [0.1, 0.15) is 5.75 Å². The van der Waals surface area contributed by atoms with E-state index in [0.717, 1.165) is 9.86 Å². The topological polar surface area (TPSA) is 39.2 Å². The van der Waals surface area contributed by atoms with Crippen LogP contribution in [0.2, 0.25) is 0 Å². The van der Waals surface area contributed by atoms with Gasteiger partial charge in [-0.1, -0.05) is 0 Å². The van der Waals surface area contributed by atoms with Crippen LogP contribution < -0.4 is 4.74 Å². The lowest BCUT2D eigenvalue weighted by Gasteiger charge is -2.03. The Labute approximate surface area is 77.9 Å². The molecule has 0 aromatic carbocycles. The summed E-state index contributed by atoms with van der Waals surface area (Å²) in [4.78, 5) is 14.3. The maximum atomic E-state index is 10.4. The van der Waals surface area contributed by atoms with Crippen LogP contribution in [0.4, 0.5) is 0 Å². The van der Waals surface area contributed by atoms with Crippen molar-refractivity contribution in [3.63, 3.8) is 0 Å². The zero-order valence-electron chi connectivity index (χ0n) is 5.87. The minimum atomic E-state index is 0.486. The van der Waals surface area contributed by atoms with Crippen LogP contribution in [-0.4, -0.2) is 18.4 Å². The molecule has 1 aromatic rings. The molecule has 3 nitrogen and oxygen atoms in total. The van der Waals surface area contributed by atoms with E-state index in [1.807, 2.05) is 0 Å². The Morgan fingerprint density at radius 2 is 2.36 bits per heavy atom. The Kier molecular flexibility index (Phi) is 2.81. The fourth-order valence-electron chi connectivity index (χ4n) is 0.737. The highest BCUT2D eigenvalue weighted by molar-refractivity contribution is 14.1. The summed E-state index contributed by atoms with van der Waals surface area (Å²) in [5.41, 5.74) is 0.486. The van der Waals surface area contributed by atoms with E-state index in [9.17, 15) is 4.79 Å². The number of hydrogen-bond acceptors (Lipinski definition) is 3. The number of rotatable bonds is 2. The van der Waals surface area contributed by atoms with Crippen molar-refractivity contribution in [2.75, 3.05) is 7.11 Å². The third-order valence-corrected chi connectivity index (χ3v) is 1.98. The number of carbonyl (C=O) groups is 1. The summed E-state index contributed by atoms with van der Waals surface area (Å²) in [7, 11) is 1.53. The van der Waals surface area contributed by atoms with Crippen molar-refractivity contribution in [2.45, 2.75) is 0 Å². The zero-order valence-corrected chi connectivity index (χ0v) is 8.03. The van der Waals surface area contributed by atoms with Crippen LogP contribution in [0.5, 0.6) is 5.75 Å². The van der Waals surface area contributed by atoms with Crippen LogP contribution in [0.15, 0.2) is 12.4 Å². The van der Waals surface area contributed by atoms with Gasteiger partial charge >= 0.3 is 0 Å². The van der Waals surface area contributed by atoms with Crippen molar-refractivity contribution in [3.05, 3.63) is 21.5 Å². The number of pyridine rings is 1. The number of nitrogens with zero attached hydrogens (tertiary/aromatic N) is 1. The van der Waals surface area contributed by atoms with Gasteiger partial charge in [0, 0.05) is 12.4 Å². The van der Waals surface area contributed by atoms with E-state index in [2.05, 4.69) is 27.6 Å². The first kappa shape index (κ1) is 8.45. The number of methoxy groups -OCH3 is 1. The van der Waals surface area contributed by atoms with Gasteiger partial charge < -0.3 is 4.74 Å². The first-order valence-electron chi connectivity index (χ1n) is 2.92. The van der Waals surface area contributed by atoms with Gasteiger partial charge in [0.05, 0.1) is 16.2 Å². The van der Waals surface area contributed by atoms with E-state index >= 15 is 0 Å². The molecule has 0 amide bonds. The molecule has 0 bridgehead atoms. The molecule has 0 unspecified atom stereocenters. The van der Waals surface area contributed by atoms with Gasteiger partial charge in [0.25, 0.3) is 0 Å². The molecule has 1 heterocycles. The summed E-state index contributed by atoms with van der Waals surface area (Å²) in [6.07, 6.45) is 3.86. The van der Waals surface area contributed by atoms with Crippen molar-refractivity contribution in [2.24, 2.45) is 0 Å². The van der Waals surface area contributed by atoms with Crippen molar-refractivity contribution >= 4 is 28.9 Å². The molecule has 1 rings (SSSR count). The van der Waals surface area contributed by atoms with Crippen LogP contribution in [0.1, 0.15) is 10.4 Å². The average Bonchev–Trinajstić information content (AvgIpc) is 2.04. The van der Waals surface area contributed by atoms with Gasteiger partial charge in [-0.2, -0.15) is 0 Å². The van der Waals surface area contributed by atoms with Crippen molar-refractivity contribution in [1.29, 1.82) is 0 Å². The maximum absolute atomic E-state index is 10.4. The van der Waals surface area contributed by atoms with E-state index in [1.54, 1.807) is 6.20 Å². The van der Waals surface area contributed by atoms with E-state index < -0.39 is 0 Å². The third-order valence-electron chi connectivity index (χ3n) is 1.21. The molecule has 0 aliphatic carbocycles. The molecule has 0 aliphatic rings. The molecule has 0 fully saturated rings. The quantitative estimate of drug-likeness (QED) is 0.599. The normalized spacial score (nSPS) is 9.27. The van der Waals surface area contributed by atoms with Gasteiger partial charge in [-0.25, -0.2) is 0 Å². The summed E-state index contributed by atoms with van der Waals surface area (Å²) in [5.74, 6) is 0.593. The van der Waals surface area contributed by atoms with E-state index in [1.165, 1.54) is 13.3 Å². The average molecular weight is 263 g/mol. The molecule has 4 heteroatoms. The number of halogens is 1. The summed E-state index contributed by atoms with van der Waals surface area (Å²) in [6.45, 7) is 0. The van der Waals surface area contributed by atoms with Crippen LogP contribution in [0, 0.1) is 3.57 Å². The lowest BCUT2D eigenvalue weighted by atomic mass is 10.3. The second kappa shape index (κ2) is 3.66. The SMILES string of the molecule is COc1c(I)cncc1C=O. The molecule has 0 N–H and O–H groups in total. The highest BCUT2D eigenvalue weighted by Crippen LogP contribution is 2.21. The van der Waals surface area contributed by atoms with Crippen LogP contribution >= 0.6 is 22.6 Å². The van der Waals surface area contributed by atoms with E-state index in [-0.39, 0.29) is 0 Å². The predicted octanol–water partition coefficient (Wildman–Crippen LogP) is 1.51. The minimum Gasteiger partial charge on any atom is -0.495 e. The standard InChI is InChI=1S/C7H6INO2/c1-11-7-5(4-10)2-9-3-6(7)8/h2-4H,1H3. The van der Waals surface area contributed by atoms with Gasteiger partial charge in [0.15, 0.2) is 6.29 Å². The molecule has 0 radical (unpaired) electrons. The van der Waals surface area contributed by atoms with Crippen molar-refractivity contribution in [3.8, 4) is 5.75 Å². The third kappa shape index (κ3) is 1.68. The molecule has 1 aromatic heterocycles. The number of carbonyl (C=O) groups excluding carboxylic acids is 1. The molecule has 58 valence electrons. The Balaban J connectivity index is 3.23. The predicted molar refractivity (Wildman–Crippen MR) is 48.9 cm³/mol. The number of aldehydes is 1. The van der Waals surface area contributed by atoms with Crippen molar-refractivity contribution < 1.29 is 9.53 Å². The molecule has 0 spiro atoms. The molecule has 0 atom stereocenters. The molecule has 11 heavy (non-hydrogen) atoms. The number of ether oxygens (including phenoxy) is 1. The smallest absolute Gasteiger partial charge is 0.155 e. The summed E-state index contributed by atoms with van der Waals surface area (Å²) < 4.78 is 5.83. The Bertz CT molecular complexity index is 275. The second-order valence-corrected chi connectivity index (χ2v) is 3.02. The highest BCUT2D eigenvalue weighted by Gasteiger charge is 2.05. The highest BCUT2D eigenvalue weighted by atomic mass is 127. The monoisotopic (exact) mass is 263 g/mol. The molecular weight excluding hydrogens is 257 g/mol. The number of hydrogen-bond donors (Lipinski definition) is 0. The van der Waals surface area contributed by atoms with Crippen molar-refractivity contribution in [1.82, 2.24) is 4.98 Å². The van der Waals surface area contributed by atoms with E-state index in [4.69, 9.17) is 4.74 Å². The molecular formula is C7H6INO2. The molecule has 0 saturated heterocycles. The maximum Gasteiger partial charge on any atom is 0.155 e. The second-order valence-electron chi connectivity index (χ2n) is 1.86. The summed E-state index contributed by atoms with van der Waals surface area (Å²) in [5, 5.41) is 0. The van der Waals surface area contributed by atoms with Gasteiger partial charge in [-0.3, -0.25) is 9.78 Å². The summed E-state index contributed by atoms with van der Waals surface area (Å²) >= 11 is 2.06.